The van der Waals surface area contributed by atoms with Gasteiger partial charge in [0, 0.05) is 25.9 Å². The SMILES string of the molecule is CCOCCN(C)C(=O)Cc1ccc(N)cn1. The molecule has 0 saturated carbocycles. The number of aromatic nitrogens is 1. The number of ether oxygens (including phenoxy) is 1. The van der Waals surface area contributed by atoms with E-state index in [1.807, 2.05) is 6.92 Å². The second kappa shape index (κ2) is 6.85. The number of pyridine rings is 1. The molecule has 0 spiro atoms. The van der Waals surface area contributed by atoms with E-state index in [4.69, 9.17) is 10.5 Å². The van der Waals surface area contributed by atoms with Crippen molar-refractivity contribution in [1.29, 1.82) is 0 Å². The fraction of sp³-hybridized carbons (Fsp3) is 0.500. The number of hydrogen-bond acceptors (Lipinski definition) is 4. The predicted octanol–water partition coefficient (Wildman–Crippen LogP) is 0.701. The third kappa shape index (κ3) is 4.82. The van der Waals surface area contributed by atoms with Crippen LogP contribution in [-0.4, -0.2) is 42.6 Å². The van der Waals surface area contributed by atoms with Crippen LogP contribution in [0.2, 0.25) is 0 Å². The lowest BCUT2D eigenvalue weighted by Crippen LogP contribution is -2.31. The van der Waals surface area contributed by atoms with Gasteiger partial charge >= 0.3 is 0 Å². The Morgan fingerprint density at radius 3 is 2.88 bits per heavy atom. The van der Waals surface area contributed by atoms with E-state index in [0.717, 1.165) is 5.69 Å². The van der Waals surface area contributed by atoms with Gasteiger partial charge < -0.3 is 15.4 Å². The number of nitrogen functional groups attached to an aromatic ring is 1. The molecule has 0 fully saturated rings. The van der Waals surface area contributed by atoms with Gasteiger partial charge in [0.05, 0.1) is 24.9 Å². The smallest absolute Gasteiger partial charge is 0.228 e. The van der Waals surface area contributed by atoms with E-state index in [9.17, 15) is 4.79 Å². The third-order valence-corrected chi connectivity index (χ3v) is 2.38. The maximum atomic E-state index is 11.8. The molecule has 0 aliphatic rings. The van der Waals surface area contributed by atoms with Gasteiger partial charge in [-0.1, -0.05) is 0 Å². The van der Waals surface area contributed by atoms with E-state index in [2.05, 4.69) is 4.98 Å². The van der Waals surface area contributed by atoms with E-state index in [1.165, 1.54) is 0 Å². The first-order valence-electron chi connectivity index (χ1n) is 5.65. The highest BCUT2D eigenvalue weighted by atomic mass is 16.5. The Labute approximate surface area is 102 Å². The van der Waals surface area contributed by atoms with Crippen molar-refractivity contribution in [3.8, 4) is 0 Å². The van der Waals surface area contributed by atoms with Gasteiger partial charge in [0.2, 0.25) is 5.91 Å². The number of nitrogens with zero attached hydrogens (tertiary/aromatic N) is 2. The number of amides is 1. The van der Waals surface area contributed by atoms with E-state index < -0.39 is 0 Å². The molecule has 0 aliphatic carbocycles. The first-order chi connectivity index (χ1) is 8.13. The number of nitrogens with two attached hydrogens (primary N) is 1. The number of likely N-dealkylation sites (N-methyl/N-ethyl adjacent to an activating group) is 1. The lowest BCUT2D eigenvalue weighted by molar-refractivity contribution is -0.129. The molecule has 1 heterocycles. The summed E-state index contributed by atoms with van der Waals surface area (Å²) in [7, 11) is 1.76. The summed E-state index contributed by atoms with van der Waals surface area (Å²) in [6.45, 7) is 3.76. The molecule has 2 N–H and O–H groups in total. The maximum Gasteiger partial charge on any atom is 0.228 e. The fourth-order valence-electron chi connectivity index (χ4n) is 1.30. The van der Waals surface area contributed by atoms with Crippen LogP contribution in [0.3, 0.4) is 0 Å². The fourth-order valence-corrected chi connectivity index (χ4v) is 1.30. The van der Waals surface area contributed by atoms with Crippen LogP contribution in [-0.2, 0) is 16.0 Å². The normalized spacial score (nSPS) is 10.2. The largest absolute Gasteiger partial charge is 0.397 e. The molecule has 0 unspecified atom stereocenters. The van der Waals surface area contributed by atoms with Gasteiger partial charge in [-0.15, -0.1) is 0 Å². The van der Waals surface area contributed by atoms with Crippen LogP contribution in [0, 0.1) is 0 Å². The van der Waals surface area contributed by atoms with Crippen LogP contribution in [0.15, 0.2) is 18.3 Å². The van der Waals surface area contributed by atoms with Crippen LogP contribution >= 0.6 is 0 Å². The van der Waals surface area contributed by atoms with E-state index in [1.54, 1.807) is 30.3 Å². The summed E-state index contributed by atoms with van der Waals surface area (Å²) >= 11 is 0. The van der Waals surface area contributed by atoms with Crippen LogP contribution < -0.4 is 5.73 Å². The number of carbonyl (C=O) groups is 1. The van der Waals surface area contributed by atoms with Gasteiger partial charge in [0.15, 0.2) is 0 Å². The standard InChI is InChI=1S/C12H19N3O2/c1-3-17-7-6-15(2)12(16)8-11-5-4-10(13)9-14-11/h4-5,9H,3,6-8,13H2,1-2H3. The van der Waals surface area contributed by atoms with Gasteiger partial charge in [-0.2, -0.15) is 0 Å². The molecule has 94 valence electrons. The summed E-state index contributed by atoms with van der Waals surface area (Å²) in [4.78, 5) is 17.5. The molecule has 0 radical (unpaired) electrons. The molecule has 0 bridgehead atoms. The summed E-state index contributed by atoms with van der Waals surface area (Å²) in [5.41, 5.74) is 6.86. The van der Waals surface area contributed by atoms with Gasteiger partial charge in [-0.25, -0.2) is 0 Å². The second-order valence-electron chi connectivity index (χ2n) is 3.77. The summed E-state index contributed by atoms with van der Waals surface area (Å²) in [6.07, 6.45) is 1.85. The van der Waals surface area contributed by atoms with Gasteiger partial charge in [-0.3, -0.25) is 9.78 Å². The van der Waals surface area contributed by atoms with Crippen molar-refractivity contribution in [3.05, 3.63) is 24.0 Å². The molecule has 1 aromatic rings. The van der Waals surface area contributed by atoms with Crippen molar-refractivity contribution in [2.24, 2.45) is 0 Å². The molecule has 5 nitrogen and oxygen atoms in total. The highest BCUT2D eigenvalue weighted by Gasteiger charge is 2.09. The van der Waals surface area contributed by atoms with Crippen molar-refractivity contribution in [3.63, 3.8) is 0 Å². The van der Waals surface area contributed by atoms with E-state index in [0.29, 0.717) is 31.9 Å². The topological polar surface area (TPSA) is 68.5 Å². The number of anilines is 1. The Balaban J connectivity index is 2.40. The van der Waals surface area contributed by atoms with Crippen molar-refractivity contribution in [1.82, 2.24) is 9.88 Å². The van der Waals surface area contributed by atoms with Gasteiger partial charge in [0.25, 0.3) is 0 Å². The zero-order chi connectivity index (χ0) is 12.7. The van der Waals surface area contributed by atoms with Crippen LogP contribution in [0.25, 0.3) is 0 Å². The van der Waals surface area contributed by atoms with E-state index in [-0.39, 0.29) is 5.91 Å². The molecule has 17 heavy (non-hydrogen) atoms. The summed E-state index contributed by atoms with van der Waals surface area (Å²) in [5.74, 6) is 0.0296. The summed E-state index contributed by atoms with van der Waals surface area (Å²) in [6, 6.07) is 3.51. The molecule has 1 aromatic heterocycles. The number of carbonyl (C=O) groups excluding carboxylic acids is 1. The Morgan fingerprint density at radius 2 is 2.29 bits per heavy atom. The molecule has 0 aromatic carbocycles. The van der Waals surface area contributed by atoms with Gasteiger partial charge in [-0.05, 0) is 19.1 Å². The second-order valence-corrected chi connectivity index (χ2v) is 3.77. The van der Waals surface area contributed by atoms with Crippen molar-refractivity contribution < 1.29 is 9.53 Å². The van der Waals surface area contributed by atoms with Crippen molar-refractivity contribution in [2.45, 2.75) is 13.3 Å². The summed E-state index contributed by atoms with van der Waals surface area (Å²) in [5, 5.41) is 0. The van der Waals surface area contributed by atoms with Crippen LogP contribution in [0.1, 0.15) is 12.6 Å². The molecule has 0 atom stereocenters. The molecule has 1 rings (SSSR count). The maximum absolute atomic E-state index is 11.8. The monoisotopic (exact) mass is 237 g/mol. The van der Waals surface area contributed by atoms with Gasteiger partial charge in [0.1, 0.15) is 0 Å². The molecular weight excluding hydrogens is 218 g/mol. The zero-order valence-corrected chi connectivity index (χ0v) is 10.3. The Bertz CT molecular complexity index is 351. The number of rotatable bonds is 6. The molecule has 5 heteroatoms. The van der Waals surface area contributed by atoms with Crippen molar-refractivity contribution in [2.75, 3.05) is 32.5 Å². The van der Waals surface area contributed by atoms with Crippen LogP contribution in [0.4, 0.5) is 5.69 Å². The minimum atomic E-state index is 0.0296. The minimum Gasteiger partial charge on any atom is -0.397 e. The van der Waals surface area contributed by atoms with Crippen LogP contribution in [0.5, 0.6) is 0 Å². The van der Waals surface area contributed by atoms with E-state index >= 15 is 0 Å². The molecule has 1 amide bonds. The molecule has 0 saturated heterocycles. The highest BCUT2D eigenvalue weighted by Crippen LogP contribution is 2.03. The lowest BCUT2D eigenvalue weighted by atomic mass is 10.2. The molecule has 0 aliphatic heterocycles. The average molecular weight is 237 g/mol. The predicted molar refractivity (Wildman–Crippen MR) is 66.5 cm³/mol. The molecular formula is C12H19N3O2. The highest BCUT2D eigenvalue weighted by molar-refractivity contribution is 5.78. The third-order valence-electron chi connectivity index (χ3n) is 2.38. The first-order valence-corrected chi connectivity index (χ1v) is 5.65. The Morgan fingerprint density at radius 1 is 1.53 bits per heavy atom. The van der Waals surface area contributed by atoms with Crippen molar-refractivity contribution >= 4 is 11.6 Å². The first kappa shape index (κ1) is 13.4. The Hall–Kier alpha value is -1.62. The number of hydrogen-bond donors (Lipinski definition) is 1. The zero-order valence-electron chi connectivity index (χ0n) is 10.3. The summed E-state index contributed by atoms with van der Waals surface area (Å²) < 4.78 is 5.19. The quantitative estimate of drug-likeness (QED) is 0.739. The lowest BCUT2D eigenvalue weighted by Gasteiger charge is -2.16. The minimum absolute atomic E-state index is 0.0296. The Kier molecular flexibility index (Phi) is 5.42. The average Bonchev–Trinajstić information content (AvgIpc) is 2.32.